The molecule has 0 unspecified atom stereocenters. The van der Waals surface area contributed by atoms with Gasteiger partial charge in [-0.2, -0.15) is 5.10 Å². The van der Waals surface area contributed by atoms with Crippen LogP contribution in [0.5, 0.6) is 0 Å². The molecule has 0 aromatic carbocycles. The molecule has 0 aliphatic heterocycles. The minimum absolute atomic E-state index is 0.231. The van der Waals surface area contributed by atoms with Crippen molar-refractivity contribution in [2.45, 2.75) is 26.8 Å². The molecule has 20 heavy (non-hydrogen) atoms. The Balaban J connectivity index is 2.39. The molecule has 3 N–H and O–H groups in total. The molecule has 0 saturated heterocycles. The number of imide groups is 1. The van der Waals surface area contributed by atoms with Crippen molar-refractivity contribution in [2.75, 3.05) is 0 Å². The van der Waals surface area contributed by atoms with Crippen LogP contribution >= 0.6 is 0 Å². The maximum Gasteiger partial charge on any atom is 0.321 e. The van der Waals surface area contributed by atoms with Crippen molar-refractivity contribution in [1.82, 2.24) is 20.4 Å². The Hall–Kier alpha value is -2.38. The Bertz CT molecular complexity index is 521. The molecular weight excluding hydrogens is 264 g/mol. The second-order valence-electron chi connectivity index (χ2n) is 5.12. The van der Waals surface area contributed by atoms with Gasteiger partial charge in [0.05, 0.1) is 11.6 Å². The topological polar surface area (TPSA) is 113 Å². The summed E-state index contributed by atoms with van der Waals surface area (Å²) < 4.78 is 1.59. The van der Waals surface area contributed by atoms with Crippen LogP contribution < -0.4 is 10.6 Å². The average Bonchev–Trinajstić information content (AvgIpc) is 2.71. The second kappa shape index (κ2) is 6.18. The van der Waals surface area contributed by atoms with E-state index in [0.29, 0.717) is 0 Å². The molecule has 0 aliphatic carbocycles. The van der Waals surface area contributed by atoms with Gasteiger partial charge in [-0.25, -0.2) is 4.79 Å². The summed E-state index contributed by atoms with van der Waals surface area (Å²) in [5, 5.41) is 17.4. The van der Waals surface area contributed by atoms with Gasteiger partial charge >= 0.3 is 12.0 Å². The fraction of sp³-hybridized carbons (Fsp3) is 0.500. The maximum atomic E-state index is 11.5. The van der Waals surface area contributed by atoms with Crippen LogP contribution in [0.2, 0.25) is 0 Å². The van der Waals surface area contributed by atoms with E-state index in [1.807, 2.05) is 0 Å². The van der Waals surface area contributed by atoms with Gasteiger partial charge in [0.25, 0.3) is 0 Å². The summed E-state index contributed by atoms with van der Waals surface area (Å²) in [5.41, 5.74) is -0.422. The van der Waals surface area contributed by atoms with Crippen LogP contribution in [0, 0.1) is 5.41 Å². The first-order chi connectivity index (χ1) is 9.20. The molecule has 8 heteroatoms. The summed E-state index contributed by atoms with van der Waals surface area (Å²) in [4.78, 5) is 33.9. The molecule has 3 amide bonds. The van der Waals surface area contributed by atoms with Gasteiger partial charge in [0.1, 0.15) is 0 Å². The third-order valence-corrected chi connectivity index (χ3v) is 2.65. The van der Waals surface area contributed by atoms with Gasteiger partial charge in [0, 0.05) is 31.8 Å². The molecule has 1 rings (SSSR count). The number of carboxylic acid groups (broad SMARTS) is 1. The lowest BCUT2D eigenvalue weighted by molar-refractivity contribution is -0.149. The molecule has 110 valence electrons. The van der Waals surface area contributed by atoms with E-state index in [4.69, 9.17) is 5.11 Å². The minimum atomic E-state index is -1.21. The van der Waals surface area contributed by atoms with E-state index in [-0.39, 0.29) is 13.0 Å². The first kappa shape index (κ1) is 15.7. The van der Waals surface area contributed by atoms with Gasteiger partial charge in [-0.3, -0.25) is 19.6 Å². The first-order valence-electron chi connectivity index (χ1n) is 5.99. The van der Waals surface area contributed by atoms with Crippen LogP contribution in [-0.2, 0) is 23.2 Å². The number of carbonyl (C=O) groups excluding carboxylic acids is 2. The van der Waals surface area contributed by atoms with Gasteiger partial charge < -0.3 is 10.4 Å². The predicted octanol–water partition coefficient (Wildman–Crippen LogP) is 0.247. The molecule has 1 heterocycles. The van der Waals surface area contributed by atoms with E-state index in [2.05, 4.69) is 15.7 Å². The van der Waals surface area contributed by atoms with Crippen molar-refractivity contribution in [3.8, 4) is 0 Å². The Morgan fingerprint density at radius 1 is 1.40 bits per heavy atom. The van der Waals surface area contributed by atoms with Crippen molar-refractivity contribution >= 4 is 17.9 Å². The highest BCUT2D eigenvalue weighted by Crippen LogP contribution is 2.19. The summed E-state index contributed by atoms with van der Waals surface area (Å²) in [6.45, 7) is 3.07. The van der Waals surface area contributed by atoms with Crippen LogP contribution in [0.15, 0.2) is 12.4 Å². The lowest BCUT2D eigenvalue weighted by Crippen LogP contribution is -2.41. The minimum Gasteiger partial charge on any atom is -0.481 e. The largest absolute Gasteiger partial charge is 0.481 e. The highest BCUT2D eigenvalue weighted by Gasteiger charge is 2.30. The number of hydrogen-bond acceptors (Lipinski definition) is 4. The molecule has 1 aromatic rings. The van der Waals surface area contributed by atoms with Gasteiger partial charge in [-0.1, -0.05) is 0 Å². The van der Waals surface area contributed by atoms with Crippen molar-refractivity contribution in [2.24, 2.45) is 12.5 Å². The zero-order valence-corrected chi connectivity index (χ0v) is 11.6. The first-order valence-corrected chi connectivity index (χ1v) is 5.99. The molecule has 1 aromatic heterocycles. The summed E-state index contributed by atoms with van der Waals surface area (Å²) >= 11 is 0. The van der Waals surface area contributed by atoms with Gasteiger partial charge in [-0.15, -0.1) is 0 Å². The van der Waals surface area contributed by atoms with Crippen LogP contribution in [0.4, 0.5) is 4.79 Å². The van der Waals surface area contributed by atoms with E-state index >= 15 is 0 Å². The molecule has 0 radical (unpaired) electrons. The van der Waals surface area contributed by atoms with Crippen LogP contribution in [0.25, 0.3) is 0 Å². The van der Waals surface area contributed by atoms with Crippen molar-refractivity contribution in [3.05, 3.63) is 18.0 Å². The molecule has 0 saturated carbocycles. The third kappa shape index (κ3) is 4.71. The number of nitrogens with zero attached hydrogens (tertiary/aromatic N) is 2. The molecule has 0 fully saturated rings. The summed E-state index contributed by atoms with van der Waals surface area (Å²) in [5.74, 6) is -1.73. The van der Waals surface area contributed by atoms with E-state index in [1.54, 1.807) is 24.1 Å². The normalized spacial score (nSPS) is 10.9. The van der Waals surface area contributed by atoms with Crippen LogP contribution in [-0.4, -0.2) is 32.8 Å². The van der Waals surface area contributed by atoms with Gasteiger partial charge in [0.15, 0.2) is 0 Å². The standard InChI is InChI=1S/C12H18N4O4/c1-12(2,10(18)19)4-9(17)15-11(20)13-5-8-6-14-16(3)7-8/h6-7H,4-5H2,1-3H3,(H,18,19)(H2,13,15,17,20). The van der Waals surface area contributed by atoms with Crippen molar-refractivity contribution in [1.29, 1.82) is 0 Å². The average molecular weight is 282 g/mol. The fourth-order valence-electron chi connectivity index (χ4n) is 1.44. The summed E-state index contributed by atoms with van der Waals surface area (Å²) in [6, 6.07) is -0.667. The number of nitrogens with one attached hydrogen (secondary N) is 2. The molecule has 0 bridgehead atoms. The number of aryl methyl sites for hydroxylation is 1. The molecule has 0 atom stereocenters. The van der Waals surface area contributed by atoms with E-state index < -0.39 is 23.3 Å². The molecule has 0 spiro atoms. The Morgan fingerprint density at radius 2 is 2.05 bits per heavy atom. The van der Waals surface area contributed by atoms with E-state index in [0.717, 1.165) is 5.56 Å². The number of aliphatic carboxylic acids is 1. The number of hydrogen-bond donors (Lipinski definition) is 3. The number of carbonyl (C=O) groups is 3. The molecule has 0 aliphatic rings. The number of rotatable bonds is 5. The second-order valence-corrected chi connectivity index (χ2v) is 5.12. The van der Waals surface area contributed by atoms with E-state index in [9.17, 15) is 14.4 Å². The highest BCUT2D eigenvalue weighted by molar-refractivity contribution is 5.96. The van der Waals surface area contributed by atoms with Gasteiger partial charge in [0.2, 0.25) is 5.91 Å². The zero-order valence-electron chi connectivity index (χ0n) is 11.6. The quantitative estimate of drug-likeness (QED) is 0.716. The monoisotopic (exact) mass is 282 g/mol. The number of carboxylic acids is 1. The van der Waals surface area contributed by atoms with Crippen molar-refractivity contribution in [3.63, 3.8) is 0 Å². The Morgan fingerprint density at radius 3 is 2.55 bits per heavy atom. The number of aromatic nitrogens is 2. The SMILES string of the molecule is Cn1cc(CNC(=O)NC(=O)CC(C)(C)C(=O)O)cn1. The maximum absolute atomic E-state index is 11.5. The lowest BCUT2D eigenvalue weighted by atomic mass is 9.89. The molecular formula is C12H18N4O4. The Kier molecular flexibility index (Phi) is 4.84. The molecule has 8 nitrogen and oxygen atoms in total. The third-order valence-electron chi connectivity index (χ3n) is 2.65. The summed E-state index contributed by atoms with van der Waals surface area (Å²) in [7, 11) is 1.75. The van der Waals surface area contributed by atoms with Crippen molar-refractivity contribution < 1.29 is 19.5 Å². The van der Waals surface area contributed by atoms with Gasteiger partial charge in [-0.05, 0) is 13.8 Å². The van der Waals surface area contributed by atoms with Crippen LogP contribution in [0.1, 0.15) is 25.8 Å². The van der Waals surface area contributed by atoms with E-state index in [1.165, 1.54) is 13.8 Å². The van der Waals surface area contributed by atoms with Crippen LogP contribution in [0.3, 0.4) is 0 Å². The predicted molar refractivity (Wildman–Crippen MR) is 69.6 cm³/mol. The summed E-state index contributed by atoms with van der Waals surface area (Å²) in [6.07, 6.45) is 3.05. The lowest BCUT2D eigenvalue weighted by Gasteiger charge is -2.17. The highest BCUT2D eigenvalue weighted by atomic mass is 16.4. The number of amides is 3. The zero-order chi connectivity index (χ0) is 15.3. The fourth-order valence-corrected chi connectivity index (χ4v) is 1.44. The smallest absolute Gasteiger partial charge is 0.321 e. The number of urea groups is 1. The Labute approximate surface area is 116 Å².